The van der Waals surface area contributed by atoms with E-state index in [4.69, 9.17) is 0 Å². The van der Waals surface area contributed by atoms with Crippen molar-refractivity contribution in [2.24, 2.45) is 0 Å². The molecule has 0 aromatic heterocycles. The van der Waals surface area contributed by atoms with Gasteiger partial charge in [-0.25, -0.2) is 0 Å². The van der Waals surface area contributed by atoms with Gasteiger partial charge < -0.3 is 0 Å². The third-order valence-electron chi connectivity index (χ3n) is 9.22. The molecular formula is C30H49N2P. The Kier molecular flexibility index (Phi) is 9.20. The Morgan fingerprint density at radius 2 is 0.727 bits per heavy atom. The van der Waals surface area contributed by atoms with E-state index < -0.39 is 8.22 Å². The summed E-state index contributed by atoms with van der Waals surface area (Å²) in [4.78, 5) is 0. The number of benzene rings is 1. The minimum Gasteiger partial charge on any atom is -0.260 e. The van der Waals surface area contributed by atoms with Gasteiger partial charge in [-0.3, -0.25) is 9.34 Å². The Morgan fingerprint density at radius 3 is 1.03 bits per heavy atom. The zero-order valence-electron chi connectivity index (χ0n) is 21.2. The second-order valence-corrected chi connectivity index (χ2v) is 13.6. The lowest BCUT2D eigenvalue weighted by Crippen LogP contribution is -2.52. The van der Waals surface area contributed by atoms with Gasteiger partial charge in [0.25, 0.3) is 0 Å². The molecule has 0 amide bonds. The lowest BCUT2D eigenvalue weighted by Gasteiger charge is -2.54. The molecule has 0 unspecified atom stereocenters. The van der Waals surface area contributed by atoms with E-state index in [0.717, 1.165) is 24.2 Å². The van der Waals surface area contributed by atoms with Gasteiger partial charge >= 0.3 is 0 Å². The number of hydrogen-bond acceptors (Lipinski definition) is 2. The fourth-order valence-corrected chi connectivity index (χ4v) is 10.9. The number of hydrogen-bond donors (Lipinski definition) is 0. The summed E-state index contributed by atoms with van der Waals surface area (Å²) in [6, 6.07) is 15.2. The van der Waals surface area contributed by atoms with Crippen molar-refractivity contribution in [1.82, 2.24) is 9.34 Å². The predicted octanol–water partition coefficient (Wildman–Crippen LogP) is 8.56. The first-order valence-corrected chi connectivity index (χ1v) is 16.1. The van der Waals surface area contributed by atoms with Gasteiger partial charge in [-0.15, -0.1) is 0 Å². The zero-order valence-corrected chi connectivity index (χ0v) is 22.1. The first-order chi connectivity index (χ1) is 16.4. The highest BCUT2D eigenvalue weighted by atomic mass is 31.1. The first kappa shape index (κ1) is 24.3. The van der Waals surface area contributed by atoms with Crippen molar-refractivity contribution in [1.29, 1.82) is 0 Å². The second-order valence-electron chi connectivity index (χ2n) is 11.6. The van der Waals surface area contributed by atoms with Crippen molar-refractivity contribution in [2.75, 3.05) is 0 Å². The van der Waals surface area contributed by atoms with Crippen LogP contribution in [0.3, 0.4) is 0 Å². The third-order valence-corrected chi connectivity index (χ3v) is 12.2. The molecule has 0 spiro atoms. The van der Waals surface area contributed by atoms with Crippen molar-refractivity contribution >= 4 is 13.5 Å². The zero-order chi connectivity index (χ0) is 22.3. The van der Waals surface area contributed by atoms with Gasteiger partial charge in [0, 0.05) is 29.5 Å². The van der Waals surface area contributed by atoms with Gasteiger partial charge in [0.05, 0.1) is 8.22 Å². The van der Waals surface area contributed by atoms with E-state index in [1.165, 1.54) is 128 Å². The summed E-state index contributed by atoms with van der Waals surface area (Å²) >= 11 is 0. The van der Waals surface area contributed by atoms with Gasteiger partial charge in [-0.05, 0) is 51.4 Å². The Hall–Kier alpha value is -0.430. The lowest BCUT2D eigenvalue weighted by atomic mass is 9.90. The third kappa shape index (κ3) is 6.05. The fraction of sp³-hybridized carbons (Fsp3) is 0.800. The smallest absolute Gasteiger partial charge is 0.0735 e. The highest BCUT2D eigenvalue weighted by Crippen LogP contribution is 2.55. The SMILES string of the molecule is c1ccc(P(N(C2CCCCC2)C2CCCCC2)N(C2CCCCC2)C2CCCCC2)cc1. The van der Waals surface area contributed by atoms with E-state index in [2.05, 4.69) is 39.7 Å². The van der Waals surface area contributed by atoms with E-state index in [1.54, 1.807) is 5.30 Å². The first-order valence-electron chi connectivity index (χ1n) is 14.8. The van der Waals surface area contributed by atoms with Crippen LogP contribution < -0.4 is 5.30 Å². The molecule has 33 heavy (non-hydrogen) atoms. The van der Waals surface area contributed by atoms with Crippen LogP contribution in [0.15, 0.2) is 30.3 Å². The molecule has 4 saturated carbocycles. The molecule has 5 rings (SSSR count). The number of rotatable bonds is 7. The molecule has 0 N–H and O–H groups in total. The van der Waals surface area contributed by atoms with Gasteiger partial charge in [-0.1, -0.05) is 107 Å². The molecule has 184 valence electrons. The van der Waals surface area contributed by atoms with Crippen LogP contribution in [0, 0.1) is 0 Å². The topological polar surface area (TPSA) is 6.48 Å². The average molecular weight is 469 g/mol. The molecule has 3 heteroatoms. The molecule has 4 fully saturated rings. The molecule has 0 radical (unpaired) electrons. The molecule has 1 aromatic carbocycles. The number of nitrogens with zero attached hydrogens (tertiary/aromatic N) is 2. The minimum atomic E-state index is -0.407. The van der Waals surface area contributed by atoms with Crippen molar-refractivity contribution in [3.05, 3.63) is 30.3 Å². The Balaban J connectivity index is 1.56. The summed E-state index contributed by atoms with van der Waals surface area (Å²) in [5.74, 6) is 0. The van der Waals surface area contributed by atoms with Crippen molar-refractivity contribution < 1.29 is 0 Å². The van der Waals surface area contributed by atoms with Crippen LogP contribution in [0.1, 0.15) is 128 Å². The molecule has 2 nitrogen and oxygen atoms in total. The summed E-state index contributed by atoms with van der Waals surface area (Å²) in [6.07, 6.45) is 29.1. The molecule has 1 aromatic rings. The largest absolute Gasteiger partial charge is 0.260 e. The molecule has 0 bridgehead atoms. The molecule has 0 aliphatic heterocycles. The second kappa shape index (κ2) is 12.5. The average Bonchev–Trinajstić information content (AvgIpc) is 2.91. The van der Waals surface area contributed by atoms with E-state index in [0.29, 0.717) is 0 Å². The van der Waals surface area contributed by atoms with Crippen LogP contribution in [0.25, 0.3) is 0 Å². The van der Waals surface area contributed by atoms with E-state index in [9.17, 15) is 0 Å². The van der Waals surface area contributed by atoms with Crippen LogP contribution in [0.4, 0.5) is 0 Å². The molecule has 4 aliphatic rings. The Bertz CT molecular complexity index is 594. The van der Waals surface area contributed by atoms with E-state index in [1.807, 2.05) is 0 Å². The highest BCUT2D eigenvalue weighted by molar-refractivity contribution is 7.61. The Labute approximate surface area is 205 Å². The lowest BCUT2D eigenvalue weighted by molar-refractivity contribution is 0.135. The fourth-order valence-electron chi connectivity index (χ4n) is 7.54. The van der Waals surface area contributed by atoms with Crippen LogP contribution in [0.5, 0.6) is 0 Å². The maximum Gasteiger partial charge on any atom is 0.0735 e. The van der Waals surface area contributed by atoms with Crippen LogP contribution in [-0.4, -0.2) is 33.5 Å². The molecule has 0 saturated heterocycles. The summed E-state index contributed by atoms with van der Waals surface area (Å²) < 4.78 is 6.46. The molecule has 0 atom stereocenters. The van der Waals surface area contributed by atoms with Gasteiger partial charge in [-0.2, -0.15) is 0 Å². The van der Waals surface area contributed by atoms with Gasteiger partial charge in [0.2, 0.25) is 0 Å². The normalized spacial score (nSPS) is 25.3. The highest BCUT2D eigenvalue weighted by Gasteiger charge is 2.43. The summed E-state index contributed by atoms with van der Waals surface area (Å²) in [5, 5.41) is 1.67. The molecular weight excluding hydrogens is 419 g/mol. The van der Waals surface area contributed by atoms with Crippen molar-refractivity contribution in [2.45, 2.75) is 153 Å². The summed E-state index contributed by atoms with van der Waals surface area (Å²) in [5.41, 5.74) is 0. The minimum absolute atomic E-state index is 0.407. The summed E-state index contributed by atoms with van der Waals surface area (Å²) in [6.45, 7) is 0. The molecule has 0 heterocycles. The quantitative estimate of drug-likeness (QED) is 0.370. The summed E-state index contributed by atoms with van der Waals surface area (Å²) in [7, 11) is -0.407. The van der Waals surface area contributed by atoms with Gasteiger partial charge in [0.15, 0.2) is 0 Å². The molecule has 4 aliphatic carbocycles. The predicted molar refractivity (Wildman–Crippen MR) is 144 cm³/mol. The maximum atomic E-state index is 3.23. The van der Waals surface area contributed by atoms with Crippen LogP contribution >= 0.6 is 8.22 Å². The van der Waals surface area contributed by atoms with E-state index in [-0.39, 0.29) is 0 Å². The van der Waals surface area contributed by atoms with Crippen LogP contribution in [-0.2, 0) is 0 Å². The monoisotopic (exact) mass is 468 g/mol. The maximum absolute atomic E-state index is 3.23. The van der Waals surface area contributed by atoms with Crippen molar-refractivity contribution in [3.8, 4) is 0 Å². The Morgan fingerprint density at radius 1 is 0.424 bits per heavy atom. The van der Waals surface area contributed by atoms with Crippen LogP contribution in [0.2, 0.25) is 0 Å². The van der Waals surface area contributed by atoms with Gasteiger partial charge in [0.1, 0.15) is 0 Å². The standard InChI is InChI=1S/C30H49N2P/c1-6-16-26(17-7-1)31(27-18-8-2-9-19-27)33(30-24-14-5-15-25-30)32(28-20-10-3-11-21-28)29-22-12-4-13-23-29/h5,14-15,24-29H,1-4,6-13,16-23H2. The van der Waals surface area contributed by atoms with E-state index >= 15 is 0 Å². The van der Waals surface area contributed by atoms with Crippen molar-refractivity contribution in [3.63, 3.8) is 0 Å².